The molecule has 0 fully saturated rings. The molecule has 0 saturated heterocycles. The topological polar surface area (TPSA) is 26.0 Å². The van der Waals surface area contributed by atoms with E-state index in [0.29, 0.717) is 0 Å². The van der Waals surface area contributed by atoms with Gasteiger partial charge < -0.3 is 4.42 Å². The van der Waals surface area contributed by atoms with Crippen LogP contribution in [-0.4, -0.2) is 4.98 Å². The zero-order valence-electron chi connectivity index (χ0n) is 8.09. The Morgan fingerprint density at radius 2 is 2.08 bits per heavy atom. The third-order valence-corrected chi connectivity index (χ3v) is 2.15. The van der Waals surface area contributed by atoms with Crippen LogP contribution in [0.3, 0.4) is 0 Å². The van der Waals surface area contributed by atoms with Gasteiger partial charge in [-0.1, -0.05) is 26.8 Å². The molecule has 0 amide bonds. The van der Waals surface area contributed by atoms with Crippen LogP contribution in [0.1, 0.15) is 26.3 Å². The first kappa shape index (κ1) is 8.30. The number of fused-ring (bicyclic) bond motifs is 1. The molecule has 0 aliphatic rings. The third-order valence-electron chi connectivity index (χ3n) is 2.15. The van der Waals surface area contributed by atoms with E-state index in [1.807, 2.05) is 12.1 Å². The fourth-order valence-corrected chi connectivity index (χ4v) is 1.28. The van der Waals surface area contributed by atoms with Crippen LogP contribution < -0.4 is 0 Å². The second kappa shape index (κ2) is 2.59. The number of oxazole rings is 1. The molecule has 1 aromatic heterocycles. The maximum absolute atomic E-state index is 5.12. The summed E-state index contributed by atoms with van der Waals surface area (Å²) in [6.45, 7) is 6.52. The van der Waals surface area contributed by atoms with E-state index in [1.165, 1.54) is 5.56 Å². The third kappa shape index (κ3) is 1.44. The van der Waals surface area contributed by atoms with E-state index in [9.17, 15) is 0 Å². The molecule has 1 radical (unpaired) electrons. The molecular weight excluding hydrogens is 162 g/mol. The minimum Gasteiger partial charge on any atom is -0.432 e. The SMILES string of the molecule is CC(C)(C)c1ccc2n[c]oc2c1. The van der Waals surface area contributed by atoms with Crippen LogP contribution in [0.15, 0.2) is 22.6 Å². The number of nitrogens with zero attached hydrogens (tertiary/aromatic N) is 1. The summed E-state index contributed by atoms with van der Waals surface area (Å²) in [4.78, 5) is 3.95. The quantitative estimate of drug-likeness (QED) is 0.613. The number of hydrogen-bond donors (Lipinski definition) is 0. The van der Waals surface area contributed by atoms with E-state index >= 15 is 0 Å². The van der Waals surface area contributed by atoms with Crippen molar-refractivity contribution in [1.82, 2.24) is 4.98 Å². The molecule has 2 heteroatoms. The highest BCUT2D eigenvalue weighted by atomic mass is 16.3. The Kier molecular flexibility index (Phi) is 1.65. The Morgan fingerprint density at radius 1 is 1.31 bits per heavy atom. The first-order valence-electron chi connectivity index (χ1n) is 4.34. The Bertz CT molecular complexity index is 423. The first-order chi connectivity index (χ1) is 6.07. The molecule has 0 unspecified atom stereocenters. The lowest BCUT2D eigenvalue weighted by molar-refractivity contribution is 0.576. The van der Waals surface area contributed by atoms with Crippen molar-refractivity contribution in [3.05, 3.63) is 30.2 Å². The van der Waals surface area contributed by atoms with Crippen molar-refractivity contribution in [3.63, 3.8) is 0 Å². The van der Waals surface area contributed by atoms with Crippen molar-refractivity contribution in [2.24, 2.45) is 0 Å². The Morgan fingerprint density at radius 3 is 2.77 bits per heavy atom. The highest BCUT2D eigenvalue weighted by Crippen LogP contribution is 2.25. The molecule has 2 aromatic rings. The maximum Gasteiger partial charge on any atom is 0.284 e. The van der Waals surface area contributed by atoms with Gasteiger partial charge in [0.15, 0.2) is 5.58 Å². The predicted molar refractivity (Wildman–Crippen MR) is 51.5 cm³/mol. The summed E-state index contributed by atoms with van der Waals surface area (Å²) in [6.07, 6.45) is 2.49. The van der Waals surface area contributed by atoms with Gasteiger partial charge in [0.25, 0.3) is 6.39 Å². The molecular formula is C11H12NO. The standard InChI is InChI=1S/C11H12NO/c1-11(2,3)8-4-5-9-10(6-8)13-7-12-9/h4-6H,1-3H3. The normalized spacial score (nSPS) is 12.2. The molecule has 2 nitrogen and oxygen atoms in total. The molecule has 0 aliphatic carbocycles. The van der Waals surface area contributed by atoms with E-state index < -0.39 is 0 Å². The fourth-order valence-electron chi connectivity index (χ4n) is 1.28. The largest absolute Gasteiger partial charge is 0.432 e. The molecule has 67 valence electrons. The van der Waals surface area contributed by atoms with Gasteiger partial charge in [-0.2, -0.15) is 0 Å². The Balaban J connectivity index is 2.61. The van der Waals surface area contributed by atoms with Crippen molar-refractivity contribution in [2.75, 3.05) is 0 Å². The van der Waals surface area contributed by atoms with Crippen molar-refractivity contribution in [2.45, 2.75) is 26.2 Å². The zero-order valence-corrected chi connectivity index (χ0v) is 8.09. The van der Waals surface area contributed by atoms with Crippen LogP contribution in [-0.2, 0) is 5.41 Å². The Labute approximate surface area is 77.6 Å². The highest BCUT2D eigenvalue weighted by molar-refractivity contribution is 5.73. The molecule has 1 heterocycles. The zero-order chi connectivity index (χ0) is 9.47. The van der Waals surface area contributed by atoms with Crippen LogP contribution in [0, 0.1) is 6.39 Å². The minimum atomic E-state index is 0.154. The smallest absolute Gasteiger partial charge is 0.284 e. The summed E-state index contributed by atoms with van der Waals surface area (Å²) in [5, 5.41) is 0. The van der Waals surface area contributed by atoms with Crippen LogP contribution in [0.25, 0.3) is 11.1 Å². The van der Waals surface area contributed by atoms with Crippen molar-refractivity contribution in [3.8, 4) is 0 Å². The van der Waals surface area contributed by atoms with Crippen molar-refractivity contribution >= 4 is 11.1 Å². The molecule has 0 aliphatic heterocycles. The van der Waals surface area contributed by atoms with Crippen LogP contribution in [0.5, 0.6) is 0 Å². The summed E-state index contributed by atoms with van der Waals surface area (Å²) >= 11 is 0. The molecule has 2 rings (SSSR count). The van der Waals surface area contributed by atoms with Gasteiger partial charge in [-0.3, -0.25) is 0 Å². The predicted octanol–water partition coefficient (Wildman–Crippen LogP) is 2.93. The monoisotopic (exact) mass is 174 g/mol. The lowest BCUT2D eigenvalue weighted by atomic mass is 9.87. The van der Waals surface area contributed by atoms with Crippen molar-refractivity contribution < 1.29 is 4.42 Å². The average molecular weight is 174 g/mol. The van der Waals surface area contributed by atoms with Gasteiger partial charge in [-0.25, -0.2) is 4.98 Å². The van der Waals surface area contributed by atoms with Crippen LogP contribution in [0.4, 0.5) is 0 Å². The number of benzene rings is 1. The molecule has 0 saturated carbocycles. The fraction of sp³-hybridized carbons (Fsp3) is 0.364. The van der Waals surface area contributed by atoms with Crippen LogP contribution >= 0.6 is 0 Å². The van der Waals surface area contributed by atoms with Crippen molar-refractivity contribution in [1.29, 1.82) is 0 Å². The maximum atomic E-state index is 5.12. The van der Waals surface area contributed by atoms with Gasteiger partial charge in [0.2, 0.25) is 0 Å². The van der Waals surface area contributed by atoms with Crippen LogP contribution in [0.2, 0.25) is 0 Å². The molecule has 0 N–H and O–H groups in total. The van der Waals surface area contributed by atoms with E-state index in [-0.39, 0.29) is 5.41 Å². The second-order valence-electron chi connectivity index (χ2n) is 4.24. The summed E-state index contributed by atoms with van der Waals surface area (Å²) in [7, 11) is 0. The van der Waals surface area contributed by atoms with E-state index in [0.717, 1.165) is 11.1 Å². The number of hydrogen-bond acceptors (Lipinski definition) is 2. The van der Waals surface area contributed by atoms with Gasteiger partial charge in [-0.05, 0) is 23.1 Å². The lowest BCUT2D eigenvalue weighted by Crippen LogP contribution is -2.10. The van der Waals surface area contributed by atoms with E-state index in [1.54, 1.807) is 0 Å². The van der Waals surface area contributed by atoms with E-state index in [2.05, 4.69) is 38.2 Å². The Hall–Kier alpha value is -1.31. The second-order valence-corrected chi connectivity index (χ2v) is 4.24. The summed E-state index contributed by atoms with van der Waals surface area (Å²) < 4.78 is 5.12. The first-order valence-corrected chi connectivity index (χ1v) is 4.34. The lowest BCUT2D eigenvalue weighted by Gasteiger charge is -2.18. The van der Waals surface area contributed by atoms with Gasteiger partial charge in [0, 0.05) is 0 Å². The number of rotatable bonds is 0. The average Bonchev–Trinajstić information content (AvgIpc) is 2.47. The van der Waals surface area contributed by atoms with Gasteiger partial charge in [-0.15, -0.1) is 0 Å². The molecule has 0 spiro atoms. The van der Waals surface area contributed by atoms with Gasteiger partial charge >= 0.3 is 0 Å². The molecule has 0 bridgehead atoms. The van der Waals surface area contributed by atoms with E-state index in [4.69, 9.17) is 4.42 Å². The minimum absolute atomic E-state index is 0.154. The molecule has 13 heavy (non-hydrogen) atoms. The van der Waals surface area contributed by atoms with Gasteiger partial charge in [0.1, 0.15) is 5.52 Å². The summed E-state index contributed by atoms with van der Waals surface area (Å²) in [5.74, 6) is 0. The summed E-state index contributed by atoms with van der Waals surface area (Å²) in [6, 6.07) is 6.08. The summed E-state index contributed by atoms with van der Waals surface area (Å²) in [5.41, 5.74) is 3.09. The van der Waals surface area contributed by atoms with Gasteiger partial charge in [0.05, 0.1) is 0 Å². The molecule has 0 atom stereocenters. The highest BCUT2D eigenvalue weighted by Gasteiger charge is 2.14. The molecule has 1 aromatic carbocycles. The number of aromatic nitrogens is 1.